The number of carbonyl (C=O) groups excluding carboxylic acids is 1. The molecule has 6 heteroatoms. The van der Waals surface area contributed by atoms with Crippen molar-refractivity contribution in [3.05, 3.63) is 29.3 Å². The number of carbonyl (C=O) groups is 1. The minimum absolute atomic E-state index is 0.00176. The van der Waals surface area contributed by atoms with Crippen LogP contribution in [0.25, 0.3) is 0 Å². The van der Waals surface area contributed by atoms with Gasteiger partial charge in [0.2, 0.25) is 10.0 Å². The van der Waals surface area contributed by atoms with Crippen LogP contribution in [-0.2, 0) is 10.0 Å². The molecule has 1 aliphatic carbocycles. The van der Waals surface area contributed by atoms with Crippen LogP contribution in [0.2, 0.25) is 0 Å². The Morgan fingerprint density at radius 1 is 1.38 bits per heavy atom. The molecule has 0 spiro atoms. The first-order valence-electron chi connectivity index (χ1n) is 7.03. The molecule has 1 amide bonds. The van der Waals surface area contributed by atoms with E-state index in [1.807, 2.05) is 0 Å². The topological polar surface area (TPSA) is 89.3 Å². The molecule has 1 aromatic rings. The molecule has 0 aliphatic heterocycles. The second kappa shape index (κ2) is 5.42. The Kier molecular flexibility index (Phi) is 4.13. The molecule has 1 saturated carbocycles. The Labute approximate surface area is 126 Å². The zero-order valence-electron chi connectivity index (χ0n) is 12.6. The molecule has 2 rings (SSSR count). The fourth-order valence-electron chi connectivity index (χ4n) is 2.88. The molecule has 1 atom stereocenters. The highest BCUT2D eigenvalue weighted by atomic mass is 32.2. The fourth-order valence-corrected chi connectivity index (χ4v) is 3.68. The summed E-state index contributed by atoms with van der Waals surface area (Å²) in [6.45, 7) is 6.02. The smallest absolute Gasteiger partial charge is 0.251 e. The molecular formula is C15H22N2O3S. The normalized spacial score (nSPS) is 21.2. The van der Waals surface area contributed by atoms with Crippen molar-refractivity contribution >= 4 is 15.9 Å². The van der Waals surface area contributed by atoms with Gasteiger partial charge in [0.15, 0.2) is 0 Å². The van der Waals surface area contributed by atoms with Gasteiger partial charge in [-0.2, -0.15) is 0 Å². The summed E-state index contributed by atoms with van der Waals surface area (Å²) in [5.74, 6) is -0.248. The van der Waals surface area contributed by atoms with Gasteiger partial charge in [-0.05, 0) is 49.3 Å². The lowest BCUT2D eigenvalue weighted by atomic mass is 9.92. The lowest BCUT2D eigenvalue weighted by Crippen LogP contribution is -2.33. The van der Waals surface area contributed by atoms with Crippen molar-refractivity contribution in [3.8, 4) is 0 Å². The van der Waals surface area contributed by atoms with E-state index in [0.717, 1.165) is 19.3 Å². The van der Waals surface area contributed by atoms with Crippen LogP contribution in [0.4, 0.5) is 0 Å². The third-order valence-electron chi connectivity index (χ3n) is 4.06. The number of rotatable bonds is 3. The molecule has 0 radical (unpaired) electrons. The zero-order chi connectivity index (χ0) is 15.8. The van der Waals surface area contributed by atoms with Gasteiger partial charge in [-0.15, -0.1) is 0 Å². The van der Waals surface area contributed by atoms with E-state index in [2.05, 4.69) is 19.2 Å². The molecule has 1 aromatic carbocycles. The Morgan fingerprint density at radius 3 is 2.57 bits per heavy atom. The van der Waals surface area contributed by atoms with Gasteiger partial charge in [-0.25, -0.2) is 13.6 Å². The van der Waals surface area contributed by atoms with E-state index in [1.165, 1.54) is 6.07 Å². The summed E-state index contributed by atoms with van der Waals surface area (Å²) in [6.07, 6.45) is 2.97. The van der Waals surface area contributed by atoms with Crippen molar-refractivity contribution in [2.75, 3.05) is 0 Å². The first kappa shape index (κ1) is 16.0. The lowest BCUT2D eigenvalue weighted by molar-refractivity contribution is 0.0936. The summed E-state index contributed by atoms with van der Waals surface area (Å²) >= 11 is 0. The van der Waals surface area contributed by atoms with Crippen LogP contribution >= 0.6 is 0 Å². The van der Waals surface area contributed by atoms with Gasteiger partial charge < -0.3 is 5.32 Å². The van der Waals surface area contributed by atoms with Gasteiger partial charge >= 0.3 is 0 Å². The third kappa shape index (κ3) is 3.83. The molecule has 3 N–H and O–H groups in total. The SMILES string of the molecule is Cc1ccc(C(=O)NC2CCC(C)(C)C2)cc1S(N)(=O)=O. The lowest BCUT2D eigenvalue weighted by Gasteiger charge is -2.18. The van der Waals surface area contributed by atoms with Gasteiger partial charge in [0.25, 0.3) is 5.91 Å². The van der Waals surface area contributed by atoms with Gasteiger partial charge in [-0.1, -0.05) is 19.9 Å². The monoisotopic (exact) mass is 310 g/mol. The summed E-state index contributed by atoms with van der Waals surface area (Å²) in [4.78, 5) is 12.3. The predicted octanol–water partition coefficient (Wildman–Crippen LogP) is 1.95. The van der Waals surface area contributed by atoms with Crippen LogP contribution in [0.1, 0.15) is 49.0 Å². The summed E-state index contributed by atoms with van der Waals surface area (Å²) in [5.41, 5.74) is 1.11. The number of amides is 1. The Hall–Kier alpha value is -1.40. The predicted molar refractivity (Wildman–Crippen MR) is 81.4 cm³/mol. The highest BCUT2D eigenvalue weighted by molar-refractivity contribution is 7.89. The van der Waals surface area contributed by atoms with Gasteiger partial charge in [0, 0.05) is 11.6 Å². The number of hydrogen-bond donors (Lipinski definition) is 2. The van der Waals surface area contributed by atoms with Crippen molar-refractivity contribution in [2.45, 2.75) is 51.0 Å². The molecule has 0 heterocycles. The number of nitrogens with one attached hydrogen (secondary N) is 1. The van der Waals surface area contributed by atoms with E-state index in [9.17, 15) is 13.2 Å². The Balaban J connectivity index is 2.17. The molecule has 5 nitrogen and oxygen atoms in total. The van der Waals surface area contributed by atoms with E-state index in [-0.39, 0.29) is 22.3 Å². The van der Waals surface area contributed by atoms with Crippen LogP contribution in [0.5, 0.6) is 0 Å². The summed E-state index contributed by atoms with van der Waals surface area (Å²) in [6, 6.07) is 4.72. The quantitative estimate of drug-likeness (QED) is 0.894. The van der Waals surface area contributed by atoms with E-state index >= 15 is 0 Å². The maximum absolute atomic E-state index is 12.3. The van der Waals surface area contributed by atoms with Crippen molar-refractivity contribution in [2.24, 2.45) is 10.6 Å². The first-order valence-corrected chi connectivity index (χ1v) is 8.57. The maximum atomic E-state index is 12.3. The number of sulfonamides is 1. The van der Waals surface area contributed by atoms with Gasteiger partial charge in [0.05, 0.1) is 4.90 Å². The van der Waals surface area contributed by atoms with Crippen molar-refractivity contribution in [1.82, 2.24) is 5.32 Å². The fraction of sp³-hybridized carbons (Fsp3) is 0.533. The molecule has 0 saturated heterocycles. The average molecular weight is 310 g/mol. The largest absolute Gasteiger partial charge is 0.349 e. The molecule has 21 heavy (non-hydrogen) atoms. The molecule has 1 fully saturated rings. The number of hydrogen-bond acceptors (Lipinski definition) is 3. The van der Waals surface area contributed by atoms with Gasteiger partial charge in [0.1, 0.15) is 0 Å². The number of benzene rings is 1. The number of primary sulfonamides is 1. The molecular weight excluding hydrogens is 288 g/mol. The molecule has 116 valence electrons. The number of aryl methyl sites for hydroxylation is 1. The minimum atomic E-state index is -3.82. The molecule has 1 aliphatic rings. The van der Waals surface area contributed by atoms with Crippen LogP contribution in [0, 0.1) is 12.3 Å². The summed E-state index contributed by atoms with van der Waals surface area (Å²) in [5, 5.41) is 8.14. The molecule has 0 aromatic heterocycles. The van der Waals surface area contributed by atoms with Crippen LogP contribution in [0.3, 0.4) is 0 Å². The summed E-state index contributed by atoms with van der Waals surface area (Å²) in [7, 11) is -3.82. The van der Waals surface area contributed by atoms with Crippen molar-refractivity contribution in [3.63, 3.8) is 0 Å². The third-order valence-corrected chi connectivity index (χ3v) is 5.11. The van der Waals surface area contributed by atoms with Gasteiger partial charge in [-0.3, -0.25) is 4.79 Å². The van der Waals surface area contributed by atoms with E-state index in [4.69, 9.17) is 5.14 Å². The summed E-state index contributed by atoms with van der Waals surface area (Å²) < 4.78 is 23.0. The minimum Gasteiger partial charge on any atom is -0.349 e. The van der Waals surface area contributed by atoms with E-state index in [0.29, 0.717) is 11.1 Å². The van der Waals surface area contributed by atoms with Crippen LogP contribution in [0.15, 0.2) is 23.1 Å². The van der Waals surface area contributed by atoms with E-state index in [1.54, 1.807) is 19.1 Å². The first-order chi connectivity index (χ1) is 9.58. The second-order valence-electron chi connectivity index (χ2n) is 6.60. The maximum Gasteiger partial charge on any atom is 0.251 e. The highest BCUT2D eigenvalue weighted by Crippen LogP contribution is 2.37. The Bertz CT molecular complexity index is 665. The standard InChI is InChI=1S/C15H22N2O3S/c1-10-4-5-11(8-13(10)21(16,19)20)14(18)17-12-6-7-15(2,3)9-12/h4-5,8,12H,6-7,9H2,1-3H3,(H,17,18)(H2,16,19,20). The molecule has 0 bridgehead atoms. The van der Waals surface area contributed by atoms with Crippen molar-refractivity contribution in [1.29, 1.82) is 0 Å². The van der Waals surface area contributed by atoms with Crippen molar-refractivity contribution < 1.29 is 13.2 Å². The van der Waals surface area contributed by atoms with Crippen LogP contribution < -0.4 is 10.5 Å². The zero-order valence-corrected chi connectivity index (χ0v) is 13.5. The van der Waals surface area contributed by atoms with E-state index < -0.39 is 10.0 Å². The average Bonchev–Trinajstić information content (AvgIpc) is 2.67. The highest BCUT2D eigenvalue weighted by Gasteiger charge is 2.31. The second-order valence-corrected chi connectivity index (χ2v) is 8.13. The molecule has 1 unspecified atom stereocenters. The van der Waals surface area contributed by atoms with Crippen LogP contribution in [-0.4, -0.2) is 20.4 Å². The number of nitrogens with two attached hydrogens (primary N) is 1. The Morgan fingerprint density at radius 2 is 2.05 bits per heavy atom.